The molecule has 2 aliphatic heterocycles. The van der Waals surface area contributed by atoms with Crippen LogP contribution in [0, 0.1) is 11.7 Å². The van der Waals surface area contributed by atoms with Crippen molar-refractivity contribution in [1.82, 2.24) is 9.97 Å². The molecule has 30 heavy (non-hydrogen) atoms. The zero-order chi connectivity index (χ0) is 21.1. The highest BCUT2D eigenvalue weighted by Gasteiger charge is 2.47. The molecule has 3 N–H and O–H groups in total. The number of hydrogen-bond acceptors (Lipinski definition) is 8. The highest BCUT2D eigenvalue weighted by atomic mass is 32.2. The van der Waals surface area contributed by atoms with Crippen LogP contribution in [0.15, 0.2) is 35.6 Å². The third-order valence-electron chi connectivity index (χ3n) is 5.19. The summed E-state index contributed by atoms with van der Waals surface area (Å²) in [4.78, 5) is 25.3. The van der Waals surface area contributed by atoms with Crippen molar-refractivity contribution in [1.29, 1.82) is 0 Å². The van der Waals surface area contributed by atoms with Crippen LogP contribution >= 0.6 is 11.8 Å². The van der Waals surface area contributed by atoms with Gasteiger partial charge in [0.05, 0.1) is 25.6 Å². The van der Waals surface area contributed by atoms with Crippen molar-refractivity contribution in [3.63, 3.8) is 0 Å². The molecule has 0 bridgehead atoms. The number of halogens is 1. The van der Waals surface area contributed by atoms with Crippen molar-refractivity contribution >= 4 is 28.5 Å². The monoisotopic (exact) mass is 431 g/mol. The number of anilines is 1. The predicted molar refractivity (Wildman–Crippen MR) is 112 cm³/mol. The van der Waals surface area contributed by atoms with E-state index >= 15 is 0 Å². The van der Waals surface area contributed by atoms with Crippen molar-refractivity contribution in [2.45, 2.75) is 18.9 Å². The van der Waals surface area contributed by atoms with E-state index in [1.165, 1.54) is 36.3 Å². The standard InChI is InChI=1S/C20H22FN5O3S/c1-2-29-17-9-23-16(8-24-17)18(27)25-13-3-4-15(21)14(7-13)20-11-28-6-5-12(20)10-30-19(22)26-20/h3-4,7-9,12H,2,5-6,10-11H2,1H3,(H2,22,26)(H,25,27)/t12-,20-/m0/s1. The van der Waals surface area contributed by atoms with Gasteiger partial charge in [-0.3, -0.25) is 4.79 Å². The van der Waals surface area contributed by atoms with E-state index in [0.29, 0.717) is 35.5 Å². The lowest BCUT2D eigenvalue weighted by Crippen LogP contribution is -2.48. The van der Waals surface area contributed by atoms with E-state index in [-0.39, 0.29) is 18.2 Å². The number of carbonyl (C=O) groups is 1. The van der Waals surface area contributed by atoms with Gasteiger partial charge in [0.15, 0.2) is 5.17 Å². The van der Waals surface area contributed by atoms with Gasteiger partial charge in [-0.25, -0.2) is 19.4 Å². The number of hydrogen-bond donors (Lipinski definition) is 2. The topological polar surface area (TPSA) is 112 Å². The second kappa shape index (κ2) is 8.57. The fourth-order valence-electron chi connectivity index (χ4n) is 3.71. The first kappa shape index (κ1) is 20.5. The van der Waals surface area contributed by atoms with Gasteiger partial charge < -0.3 is 20.5 Å². The number of nitrogens with two attached hydrogens (primary N) is 1. The minimum atomic E-state index is -0.892. The van der Waals surface area contributed by atoms with E-state index < -0.39 is 17.3 Å². The van der Waals surface area contributed by atoms with Crippen LogP contribution < -0.4 is 15.8 Å². The summed E-state index contributed by atoms with van der Waals surface area (Å²) in [5.41, 5.74) is 6.01. The Balaban J connectivity index is 1.62. The third-order valence-corrected chi connectivity index (χ3v) is 6.15. The Labute approximate surface area is 177 Å². The molecule has 2 atom stereocenters. The van der Waals surface area contributed by atoms with Gasteiger partial charge in [0.25, 0.3) is 5.91 Å². The molecule has 1 saturated heterocycles. The van der Waals surface area contributed by atoms with Gasteiger partial charge in [-0.1, -0.05) is 11.8 Å². The Morgan fingerprint density at radius 2 is 2.30 bits per heavy atom. The van der Waals surface area contributed by atoms with Crippen molar-refractivity contribution < 1.29 is 18.7 Å². The van der Waals surface area contributed by atoms with E-state index in [2.05, 4.69) is 20.3 Å². The molecule has 158 valence electrons. The largest absolute Gasteiger partial charge is 0.477 e. The van der Waals surface area contributed by atoms with Gasteiger partial charge in [0.2, 0.25) is 5.88 Å². The number of amidine groups is 1. The fraction of sp³-hybridized carbons (Fsp3) is 0.400. The molecule has 1 aromatic heterocycles. The van der Waals surface area contributed by atoms with Gasteiger partial charge in [0, 0.05) is 29.5 Å². The molecule has 1 fully saturated rings. The summed E-state index contributed by atoms with van der Waals surface area (Å²) < 4.78 is 25.8. The zero-order valence-electron chi connectivity index (χ0n) is 16.4. The molecule has 10 heteroatoms. The van der Waals surface area contributed by atoms with Crippen molar-refractivity contribution in [2.75, 3.05) is 30.9 Å². The molecule has 2 aromatic rings. The SMILES string of the molecule is CCOc1cnc(C(=O)Nc2ccc(F)c([C@]34COCC[C@H]3CSC(N)=N4)c2)cn1. The number of carbonyl (C=O) groups excluding carboxylic acids is 1. The molecule has 4 rings (SSSR count). The van der Waals surface area contributed by atoms with Crippen molar-refractivity contribution in [2.24, 2.45) is 16.6 Å². The first-order chi connectivity index (χ1) is 14.5. The summed E-state index contributed by atoms with van der Waals surface area (Å²) in [6.45, 7) is 3.14. The summed E-state index contributed by atoms with van der Waals surface area (Å²) in [6.07, 6.45) is 3.48. The van der Waals surface area contributed by atoms with Gasteiger partial charge >= 0.3 is 0 Å². The number of ether oxygens (including phenoxy) is 2. The second-order valence-electron chi connectivity index (χ2n) is 7.05. The van der Waals surface area contributed by atoms with Gasteiger partial charge in [-0.2, -0.15) is 0 Å². The summed E-state index contributed by atoms with van der Waals surface area (Å²) >= 11 is 1.47. The molecule has 3 heterocycles. The molecule has 0 radical (unpaired) electrons. The lowest BCUT2D eigenvalue weighted by atomic mass is 9.76. The molecule has 0 unspecified atom stereocenters. The summed E-state index contributed by atoms with van der Waals surface area (Å²) in [5.74, 6) is 0.315. The Morgan fingerprint density at radius 1 is 1.43 bits per heavy atom. The molecular formula is C20H22FN5O3S. The second-order valence-corrected chi connectivity index (χ2v) is 8.09. The van der Waals surface area contributed by atoms with Crippen molar-refractivity contribution in [3.05, 3.63) is 47.7 Å². The number of nitrogens with zero attached hydrogens (tertiary/aromatic N) is 3. The smallest absolute Gasteiger partial charge is 0.275 e. The molecular weight excluding hydrogens is 409 g/mol. The molecule has 2 aliphatic rings. The number of aromatic nitrogens is 2. The highest BCUT2D eigenvalue weighted by Crippen LogP contribution is 2.45. The number of rotatable bonds is 5. The van der Waals surface area contributed by atoms with E-state index in [4.69, 9.17) is 15.2 Å². The van der Waals surface area contributed by atoms with Gasteiger partial charge in [-0.15, -0.1) is 0 Å². The number of amides is 1. The number of aliphatic imine (C=N–C) groups is 1. The van der Waals surface area contributed by atoms with E-state index in [1.807, 2.05) is 6.92 Å². The highest BCUT2D eigenvalue weighted by molar-refractivity contribution is 8.13. The molecule has 1 aromatic carbocycles. The van der Waals surface area contributed by atoms with E-state index in [0.717, 1.165) is 12.2 Å². The summed E-state index contributed by atoms with van der Waals surface area (Å²) in [5, 5.41) is 3.16. The first-order valence-corrected chi connectivity index (χ1v) is 10.6. The minimum Gasteiger partial charge on any atom is -0.477 e. The van der Waals surface area contributed by atoms with Gasteiger partial charge in [0.1, 0.15) is 17.1 Å². The maximum Gasteiger partial charge on any atom is 0.275 e. The Morgan fingerprint density at radius 3 is 3.07 bits per heavy atom. The average Bonchev–Trinajstić information content (AvgIpc) is 2.75. The molecule has 8 nitrogen and oxygen atoms in total. The molecule has 1 amide bonds. The van der Waals surface area contributed by atoms with E-state index in [9.17, 15) is 9.18 Å². The third kappa shape index (κ3) is 3.97. The number of benzene rings is 1. The first-order valence-electron chi connectivity index (χ1n) is 9.64. The quantitative estimate of drug-likeness (QED) is 0.748. The van der Waals surface area contributed by atoms with E-state index in [1.54, 1.807) is 6.07 Å². The maximum atomic E-state index is 14.9. The summed E-state index contributed by atoms with van der Waals surface area (Å²) in [7, 11) is 0. The van der Waals surface area contributed by atoms with Crippen LogP contribution in [0.1, 0.15) is 29.4 Å². The normalized spacial score (nSPS) is 23.3. The Kier molecular flexibility index (Phi) is 5.87. The molecule has 0 aliphatic carbocycles. The molecule has 0 saturated carbocycles. The fourth-order valence-corrected chi connectivity index (χ4v) is 4.76. The number of fused-ring (bicyclic) bond motifs is 1. The van der Waals surface area contributed by atoms with Gasteiger partial charge in [-0.05, 0) is 31.5 Å². The summed E-state index contributed by atoms with van der Waals surface area (Å²) in [6, 6.07) is 4.42. The number of nitrogens with one attached hydrogen (secondary N) is 1. The predicted octanol–water partition coefficient (Wildman–Crippen LogP) is 2.56. The van der Waals surface area contributed by atoms with Crippen LogP contribution in [0.5, 0.6) is 5.88 Å². The minimum absolute atomic E-state index is 0.0981. The average molecular weight is 431 g/mol. The van der Waals surface area contributed by atoms with Crippen LogP contribution in [0.4, 0.5) is 10.1 Å². The van der Waals surface area contributed by atoms with Crippen LogP contribution in [0.2, 0.25) is 0 Å². The maximum absolute atomic E-state index is 14.9. The molecule has 0 spiro atoms. The zero-order valence-corrected chi connectivity index (χ0v) is 17.2. The number of thioether (sulfide) groups is 1. The van der Waals surface area contributed by atoms with Crippen LogP contribution in [-0.4, -0.2) is 46.6 Å². The van der Waals surface area contributed by atoms with Crippen LogP contribution in [0.3, 0.4) is 0 Å². The van der Waals surface area contributed by atoms with Crippen LogP contribution in [0.25, 0.3) is 0 Å². The lowest BCUT2D eigenvalue weighted by Gasteiger charge is -2.43. The Bertz CT molecular complexity index is 971. The van der Waals surface area contributed by atoms with Crippen molar-refractivity contribution in [3.8, 4) is 5.88 Å². The van der Waals surface area contributed by atoms with Crippen LogP contribution in [-0.2, 0) is 10.3 Å². The Hall–Kier alpha value is -2.72. The lowest BCUT2D eigenvalue weighted by molar-refractivity contribution is 0.00304.